The molecule has 1 heterocycles. The van der Waals surface area contributed by atoms with Crippen molar-refractivity contribution >= 4 is 34.1 Å². The number of carbonyl (C=O) groups is 1. The highest BCUT2D eigenvalue weighted by Gasteiger charge is 2.14. The number of hydrogen-bond donors (Lipinski definition) is 2. The Morgan fingerprint density at radius 2 is 2.07 bits per heavy atom. The number of nitrogens with zero attached hydrogens (tertiary/aromatic N) is 2. The van der Waals surface area contributed by atoms with Crippen LogP contribution in [0.3, 0.4) is 0 Å². The SMILES string of the molecule is CCN(CC(=O)Nc1cc(C)ccc1OC)Cc1nc2cc(Cl)ccc2c(=O)[nH]1. The van der Waals surface area contributed by atoms with Gasteiger partial charge < -0.3 is 15.0 Å². The number of likely N-dealkylation sites (N-methyl/N-ethyl adjacent to an activating group) is 1. The Morgan fingerprint density at radius 1 is 1.28 bits per heavy atom. The van der Waals surface area contributed by atoms with Gasteiger partial charge >= 0.3 is 0 Å². The molecule has 1 amide bonds. The number of anilines is 1. The van der Waals surface area contributed by atoms with Crippen LogP contribution in [0.15, 0.2) is 41.2 Å². The minimum atomic E-state index is -0.230. The minimum absolute atomic E-state index is 0.144. The molecule has 0 aliphatic carbocycles. The Hall–Kier alpha value is -2.90. The van der Waals surface area contributed by atoms with Crippen LogP contribution in [0.4, 0.5) is 5.69 Å². The number of benzene rings is 2. The van der Waals surface area contributed by atoms with Gasteiger partial charge in [0, 0.05) is 5.02 Å². The highest BCUT2D eigenvalue weighted by atomic mass is 35.5. The molecule has 0 aliphatic heterocycles. The Labute approximate surface area is 173 Å². The lowest BCUT2D eigenvalue weighted by Crippen LogP contribution is -2.34. The molecular formula is C21H23ClN4O3. The van der Waals surface area contributed by atoms with Gasteiger partial charge in [0.2, 0.25) is 5.91 Å². The summed E-state index contributed by atoms with van der Waals surface area (Å²) in [5, 5.41) is 3.88. The number of rotatable bonds is 7. The Bertz CT molecular complexity index is 1100. The van der Waals surface area contributed by atoms with E-state index in [2.05, 4.69) is 15.3 Å². The molecule has 7 nitrogen and oxygen atoms in total. The molecule has 0 bridgehead atoms. The van der Waals surface area contributed by atoms with Crippen LogP contribution in [0.2, 0.25) is 5.02 Å². The molecule has 0 saturated heterocycles. The second-order valence-corrected chi connectivity index (χ2v) is 7.17. The lowest BCUT2D eigenvalue weighted by Gasteiger charge is -2.20. The highest BCUT2D eigenvalue weighted by molar-refractivity contribution is 6.31. The van der Waals surface area contributed by atoms with Crippen LogP contribution in [0.1, 0.15) is 18.3 Å². The number of aromatic amines is 1. The van der Waals surface area contributed by atoms with E-state index in [-0.39, 0.29) is 18.0 Å². The van der Waals surface area contributed by atoms with Gasteiger partial charge in [-0.3, -0.25) is 14.5 Å². The highest BCUT2D eigenvalue weighted by Crippen LogP contribution is 2.25. The number of aromatic nitrogens is 2. The summed E-state index contributed by atoms with van der Waals surface area (Å²) in [7, 11) is 1.56. The lowest BCUT2D eigenvalue weighted by atomic mass is 10.2. The predicted molar refractivity (Wildman–Crippen MR) is 115 cm³/mol. The zero-order valence-corrected chi connectivity index (χ0v) is 17.3. The molecule has 0 atom stereocenters. The fourth-order valence-electron chi connectivity index (χ4n) is 3.04. The molecule has 0 saturated carbocycles. The first-order valence-electron chi connectivity index (χ1n) is 9.25. The van der Waals surface area contributed by atoms with E-state index in [4.69, 9.17) is 16.3 Å². The molecule has 1 aromatic heterocycles. The van der Waals surface area contributed by atoms with Crippen molar-refractivity contribution in [3.05, 3.63) is 63.2 Å². The van der Waals surface area contributed by atoms with Gasteiger partial charge in [0.1, 0.15) is 11.6 Å². The summed E-state index contributed by atoms with van der Waals surface area (Å²) in [6, 6.07) is 10.6. The zero-order valence-electron chi connectivity index (χ0n) is 16.6. The van der Waals surface area contributed by atoms with E-state index in [1.54, 1.807) is 25.3 Å². The molecule has 3 rings (SSSR count). The van der Waals surface area contributed by atoms with E-state index in [9.17, 15) is 9.59 Å². The van der Waals surface area contributed by atoms with Gasteiger partial charge in [0.15, 0.2) is 0 Å². The second-order valence-electron chi connectivity index (χ2n) is 6.73. The Kier molecular flexibility index (Phi) is 6.51. The molecule has 0 unspecified atom stereocenters. The summed E-state index contributed by atoms with van der Waals surface area (Å²) in [5.41, 5.74) is 1.94. The van der Waals surface area contributed by atoms with Crippen molar-refractivity contribution in [3.8, 4) is 5.75 Å². The molecule has 8 heteroatoms. The molecule has 3 aromatic rings. The average molecular weight is 415 g/mol. The van der Waals surface area contributed by atoms with E-state index in [1.807, 2.05) is 36.9 Å². The van der Waals surface area contributed by atoms with Crippen LogP contribution < -0.4 is 15.6 Å². The van der Waals surface area contributed by atoms with Gasteiger partial charge in [-0.15, -0.1) is 0 Å². The van der Waals surface area contributed by atoms with Crippen molar-refractivity contribution in [2.75, 3.05) is 25.5 Å². The smallest absolute Gasteiger partial charge is 0.258 e. The van der Waals surface area contributed by atoms with Crippen molar-refractivity contribution in [2.45, 2.75) is 20.4 Å². The van der Waals surface area contributed by atoms with E-state index in [0.717, 1.165) is 5.56 Å². The molecule has 0 fully saturated rings. The van der Waals surface area contributed by atoms with Gasteiger partial charge in [0.05, 0.1) is 36.8 Å². The number of halogens is 1. The molecule has 152 valence electrons. The first kappa shape index (κ1) is 20.8. The number of amides is 1. The monoisotopic (exact) mass is 414 g/mol. The predicted octanol–water partition coefficient (Wildman–Crippen LogP) is 3.35. The molecule has 0 aliphatic rings. The van der Waals surface area contributed by atoms with Crippen molar-refractivity contribution < 1.29 is 9.53 Å². The van der Waals surface area contributed by atoms with E-state index >= 15 is 0 Å². The van der Waals surface area contributed by atoms with Crippen LogP contribution in [-0.2, 0) is 11.3 Å². The van der Waals surface area contributed by atoms with Crippen molar-refractivity contribution in [1.29, 1.82) is 0 Å². The van der Waals surface area contributed by atoms with Crippen molar-refractivity contribution in [2.24, 2.45) is 0 Å². The van der Waals surface area contributed by atoms with E-state index in [1.165, 1.54) is 0 Å². The van der Waals surface area contributed by atoms with Crippen LogP contribution >= 0.6 is 11.6 Å². The summed E-state index contributed by atoms with van der Waals surface area (Å²) in [4.78, 5) is 34.0. The van der Waals surface area contributed by atoms with Crippen LogP contribution in [-0.4, -0.2) is 41.0 Å². The molecule has 2 aromatic carbocycles. The van der Waals surface area contributed by atoms with Crippen LogP contribution in [0.5, 0.6) is 5.75 Å². The first-order valence-corrected chi connectivity index (χ1v) is 9.62. The van der Waals surface area contributed by atoms with Crippen LogP contribution in [0.25, 0.3) is 10.9 Å². The maximum absolute atomic E-state index is 12.6. The first-order chi connectivity index (χ1) is 13.9. The van der Waals surface area contributed by atoms with Crippen molar-refractivity contribution in [3.63, 3.8) is 0 Å². The number of ether oxygens (including phenoxy) is 1. The third-order valence-corrected chi connectivity index (χ3v) is 4.77. The van der Waals surface area contributed by atoms with Gasteiger partial charge in [-0.25, -0.2) is 4.98 Å². The molecule has 0 spiro atoms. The molecular weight excluding hydrogens is 392 g/mol. The molecule has 0 radical (unpaired) electrons. The van der Waals surface area contributed by atoms with Gasteiger partial charge in [-0.2, -0.15) is 0 Å². The Morgan fingerprint density at radius 3 is 2.79 bits per heavy atom. The fraction of sp³-hybridized carbons (Fsp3) is 0.286. The standard InChI is InChI=1S/C21H23ClN4O3/c1-4-26(12-20(27)24-17-9-13(2)5-8-18(17)29-3)11-19-23-16-10-14(22)6-7-15(16)21(28)25-19/h5-10H,4,11-12H2,1-3H3,(H,24,27)(H,23,25,28). The number of fused-ring (bicyclic) bond motifs is 1. The summed E-state index contributed by atoms with van der Waals surface area (Å²) >= 11 is 6.01. The third-order valence-electron chi connectivity index (χ3n) is 4.53. The quantitative estimate of drug-likeness (QED) is 0.619. The second kappa shape index (κ2) is 9.07. The number of H-pyrrole nitrogens is 1. The normalized spacial score (nSPS) is 11.1. The molecule has 2 N–H and O–H groups in total. The van der Waals surface area contributed by atoms with Gasteiger partial charge in [-0.1, -0.05) is 24.6 Å². The number of carbonyl (C=O) groups excluding carboxylic acids is 1. The third kappa shape index (κ3) is 5.13. The summed E-state index contributed by atoms with van der Waals surface area (Å²) in [5.74, 6) is 0.902. The van der Waals surface area contributed by atoms with Crippen LogP contribution in [0, 0.1) is 6.92 Å². The van der Waals surface area contributed by atoms with E-state index in [0.29, 0.717) is 46.3 Å². The maximum Gasteiger partial charge on any atom is 0.258 e. The number of nitrogens with one attached hydrogen (secondary N) is 2. The summed E-state index contributed by atoms with van der Waals surface area (Å²) < 4.78 is 5.30. The Balaban J connectivity index is 1.74. The number of methoxy groups -OCH3 is 1. The zero-order chi connectivity index (χ0) is 21.0. The summed E-state index contributed by atoms with van der Waals surface area (Å²) in [6.07, 6.45) is 0. The fourth-order valence-corrected chi connectivity index (χ4v) is 3.21. The lowest BCUT2D eigenvalue weighted by molar-refractivity contribution is -0.117. The summed E-state index contributed by atoms with van der Waals surface area (Å²) in [6.45, 7) is 4.96. The topological polar surface area (TPSA) is 87.3 Å². The van der Waals surface area contributed by atoms with Gasteiger partial charge in [0.25, 0.3) is 5.56 Å². The van der Waals surface area contributed by atoms with Crippen molar-refractivity contribution in [1.82, 2.24) is 14.9 Å². The van der Waals surface area contributed by atoms with E-state index < -0.39 is 0 Å². The number of hydrogen-bond acceptors (Lipinski definition) is 5. The number of aryl methyl sites for hydroxylation is 1. The average Bonchev–Trinajstić information content (AvgIpc) is 2.67. The largest absolute Gasteiger partial charge is 0.495 e. The maximum atomic E-state index is 12.6. The van der Waals surface area contributed by atoms with Gasteiger partial charge in [-0.05, 0) is 49.4 Å². The minimum Gasteiger partial charge on any atom is -0.495 e. The molecule has 29 heavy (non-hydrogen) atoms.